The van der Waals surface area contributed by atoms with Gasteiger partial charge in [-0.2, -0.15) is 0 Å². The molecular formula is C14H20O5. The Morgan fingerprint density at radius 1 is 1.42 bits per heavy atom. The lowest BCUT2D eigenvalue weighted by atomic mass is 9.91. The van der Waals surface area contributed by atoms with Crippen LogP contribution >= 0.6 is 0 Å². The average molecular weight is 268 g/mol. The van der Waals surface area contributed by atoms with Crippen LogP contribution in [-0.4, -0.2) is 29.9 Å². The fourth-order valence-electron chi connectivity index (χ4n) is 1.74. The maximum atomic E-state index is 11.3. The minimum absolute atomic E-state index is 0.00689. The molecule has 0 aliphatic heterocycles. The molecule has 1 aromatic carbocycles. The van der Waals surface area contributed by atoms with Crippen molar-refractivity contribution in [3.63, 3.8) is 0 Å². The molecule has 0 radical (unpaired) electrons. The first-order chi connectivity index (χ1) is 8.90. The second kappa shape index (κ2) is 6.43. The van der Waals surface area contributed by atoms with Crippen molar-refractivity contribution in [2.75, 3.05) is 13.7 Å². The molecule has 19 heavy (non-hydrogen) atoms. The predicted octanol–water partition coefficient (Wildman–Crippen LogP) is 1.95. The van der Waals surface area contributed by atoms with Crippen LogP contribution in [-0.2, 0) is 15.1 Å². The molecule has 0 aliphatic carbocycles. The second-order valence-corrected chi connectivity index (χ2v) is 4.47. The van der Waals surface area contributed by atoms with Gasteiger partial charge in [-0.05, 0) is 38.0 Å². The number of rotatable bonds is 6. The van der Waals surface area contributed by atoms with Gasteiger partial charge in [0.2, 0.25) is 0 Å². The van der Waals surface area contributed by atoms with E-state index in [1.54, 1.807) is 26.0 Å². The molecule has 106 valence electrons. The SMILES string of the molecule is CCOC(=O)CCC(C)(O)c1ccc(O)c(OC)c1. The Bertz CT molecular complexity index is 439. The molecule has 1 aromatic rings. The van der Waals surface area contributed by atoms with E-state index in [0.717, 1.165) is 0 Å². The number of aliphatic hydroxyl groups is 1. The highest BCUT2D eigenvalue weighted by molar-refractivity contribution is 5.69. The van der Waals surface area contributed by atoms with Crippen LogP contribution in [0.15, 0.2) is 18.2 Å². The predicted molar refractivity (Wildman–Crippen MR) is 70.1 cm³/mol. The van der Waals surface area contributed by atoms with Gasteiger partial charge >= 0.3 is 5.97 Å². The Hall–Kier alpha value is -1.75. The molecule has 0 bridgehead atoms. The van der Waals surface area contributed by atoms with Crippen molar-refractivity contribution in [3.05, 3.63) is 23.8 Å². The van der Waals surface area contributed by atoms with Gasteiger partial charge in [-0.3, -0.25) is 4.79 Å². The summed E-state index contributed by atoms with van der Waals surface area (Å²) in [5, 5.41) is 19.9. The number of aromatic hydroxyl groups is 1. The molecule has 0 amide bonds. The molecule has 2 N–H and O–H groups in total. The van der Waals surface area contributed by atoms with Crippen LogP contribution in [0.25, 0.3) is 0 Å². The van der Waals surface area contributed by atoms with Crippen molar-refractivity contribution >= 4 is 5.97 Å². The maximum absolute atomic E-state index is 11.3. The van der Waals surface area contributed by atoms with E-state index in [-0.39, 0.29) is 30.3 Å². The van der Waals surface area contributed by atoms with Crippen molar-refractivity contribution in [2.24, 2.45) is 0 Å². The summed E-state index contributed by atoms with van der Waals surface area (Å²) in [5.74, 6) is -0.0464. The van der Waals surface area contributed by atoms with Gasteiger partial charge in [-0.25, -0.2) is 0 Å². The lowest BCUT2D eigenvalue weighted by molar-refractivity contribution is -0.144. The van der Waals surface area contributed by atoms with E-state index in [1.807, 2.05) is 0 Å². The van der Waals surface area contributed by atoms with Crippen LogP contribution in [0.4, 0.5) is 0 Å². The average Bonchev–Trinajstić information content (AvgIpc) is 2.37. The van der Waals surface area contributed by atoms with E-state index in [0.29, 0.717) is 12.2 Å². The van der Waals surface area contributed by atoms with Gasteiger partial charge in [-0.15, -0.1) is 0 Å². The van der Waals surface area contributed by atoms with Gasteiger partial charge in [0.15, 0.2) is 11.5 Å². The number of ether oxygens (including phenoxy) is 2. The molecule has 5 nitrogen and oxygen atoms in total. The maximum Gasteiger partial charge on any atom is 0.305 e. The van der Waals surface area contributed by atoms with Crippen molar-refractivity contribution in [1.82, 2.24) is 0 Å². The third-order valence-electron chi connectivity index (χ3n) is 2.92. The van der Waals surface area contributed by atoms with E-state index in [2.05, 4.69) is 0 Å². The molecule has 5 heteroatoms. The summed E-state index contributed by atoms with van der Waals surface area (Å²) < 4.78 is 9.81. The van der Waals surface area contributed by atoms with Gasteiger partial charge < -0.3 is 19.7 Å². The molecule has 0 saturated carbocycles. The number of hydrogen-bond donors (Lipinski definition) is 2. The third-order valence-corrected chi connectivity index (χ3v) is 2.92. The summed E-state index contributed by atoms with van der Waals surface area (Å²) in [6.45, 7) is 3.67. The van der Waals surface area contributed by atoms with E-state index < -0.39 is 5.60 Å². The first-order valence-corrected chi connectivity index (χ1v) is 6.16. The highest BCUT2D eigenvalue weighted by Crippen LogP contribution is 2.33. The number of carbonyl (C=O) groups is 1. The largest absolute Gasteiger partial charge is 0.504 e. The Balaban J connectivity index is 2.79. The number of methoxy groups -OCH3 is 1. The zero-order valence-corrected chi connectivity index (χ0v) is 11.5. The molecule has 0 aromatic heterocycles. The molecule has 0 fully saturated rings. The van der Waals surface area contributed by atoms with Gasteiger partial charge in [0.25, 0.3) is 0 Å². The van der Waals surface area contributed by atoms with E-state index in [9.17, 15) is 15.0 Å². The Morgan fingerprint density at radius 2 is 2.11 bits per heavy atom. The summed E-state index contributed by atoms with van der Waals surface area (Å²) in [5.41, 5.74) is -0.611. The topological polar surface area (TPSA) is 76.0 Å². The van der Waals surface area contributed by atoms with Gasteiger partial charge in [0.1, 0.15) is 0 Å². The summed E-state index contributed by atoms with van der Waals surface area (Å²) in [4.78, 5) is 11.3. The standard InChI is InChI=1S/C14H20O5/c1-4-19-13(16)7-8-14(2,17)10-5-6-11(15)12(9-10)18-3/h5-6,9,15,17H,4,7-8H2,1-3H3. The van der Waals surface area contributed by atoms with Crippen molar-refractivity contribution in [1.29, 1.82) is 0 Å². The smallest absolute Gasteiger partial charge is 0.305 e. The Kier molecular flexibility index (Phi) is 5.18. The molecule has 0 spiro atoms. The first-order valence-electron chi connectivity index (χ1n) is 6.16. The number of benzene rings is 1. The number of hydrogen-bond acceptors (Lipinski definition) is 5. The highest BCUT2D eigenvalue weighted by Gasteiger charge is 2.25. The quantitative estimate of drug-likeness (QED) is 0.771. The Labute approximate surface area is 112 Å². The van der Waals surface area contributed by atoms with E-state index in [1.165, 1.54) is 13.2 Å². The van der Waals surface area contributed by atoms with Crippen LogP contribution < -0.4 is 4.74 Å². The molecule has 1 atom stereocenters. The number of phenolic OH excluding ortho intramolecular Hbond substituents is 1. The summed E-state index contributed by atoms with van der Waals surface area (Å²) in [6, 6.07) is 4.61. The van der Waals surface area contributed by atoms with E-state index >= 15 is 0 Å². The molecular weight excluding hydrogens is 248 g/mol. The fraction of sp³-hybridized carbons (Fsp3) is 0.500. The molecule has 0 heterocycles. The lowest BCUT2D eigenvalue weighted by Gasteiger charge is -2.24. The number of esters is 1. The zero-order chi connectivity index (χ0) is 14.5. The van der Waals surface area contributed by atoms with E-state index in [4.69, 9.17) is 9.47 Å². The lowest BCUT2D eigenvalue weighted by Crippen LogP contribution is -2.23. The second-order valence-electron chi connectivity index (χ2n) is 4.47. The van der Waals surface area contributed by atoms with Crippen molar-refractivity contribution in [2.45, 2.75) is 32.3 Å². The van der Waals surface area contributed by atoms with Gasteiger partial charge in [0.05, 0.1) is 19.3 Å². The minimum Gasteiger partial charge on any atom is -0.504 e. The van der Waals surface area contributed by atoms with Gasteiger partial charge in [0, 0.05) is 6.42 Å². The monoisotopic (exact) mass is 268 g/mol. The molecule has 0 saturated heterocycles. The normalized spacial score (nSPS) is 13.7. The van der Waals surface area contributed by atoms with Crippen molar-refractivity contribution in [3.8, 4) is 11.5 Å². The highest BCUT2D eigenvalue weighted by atomic mass is 16.5. The Morgan fingerprint density at radius 3 is 2.68 bits per heavy atom. The van der Waals surface area contributed by atoms with Crippen LogP contribution in [0.2, 0.25) is 0 Å². The third kappa shape index (κ3) is 4.13. The fourth-order valence-corrected chi connectivity index (χ4v) is 1.74. The minimum atomic E-state index is -1.19. The number of phenols is 1. The zero-order valence-electron chi connectivity index (χ0n) is 11.5. The molecule has 1 rings (SSSR count). The van der Waals surface area contributed by atoms with Crippen LogP contribution in [0.3, 0.4) is 0 Å². The molecule has 1 unspecified atom stereocenters. The van der Waals surface area contributed by atoms with Crippen LogP contribution in [0.5, 0.6) is 11.5 Å². The number of carbonyl (C=O) groups excluding carboxylic acids is 1. The van der Waals surface area contributed by atoms with Crippen molar-refractivity contribution < 1.29 is 24.5 Å². The summed E-state index contributed by atoms with van der Waals surface area (Å²) in [7, 11) is 1.44. The van der Waals surface area contributed by atoms with Crippen LogP contribution in [0.1, 0.15) is 32.3 Å². The van der Waals surface area contributed by atoms with Gasteiger partial charge in [-0.1, -0.05) is 6.07 Å². The first kappa shape index (κ1) is 15.3. The molecule has 0 aliphatic rings. The summed E-state index contributed by atoms with van der Waals surface area (Å²) in [6.07, 6.45) is 0.365. The van der Waals surface area contributed by atoms with Crippen LogP contribution in [0, 0.1) is 0 Å². The summed E-state index contributed by atoms with van der Waals surface area (Å²) >= 11 is 0.